The summed E-state index contributed by atoms with van der Waals surface area (Å²) in [5, 5.41) is 20.0. The summed E-state index contributed by atoms with van der Waals surface area (Å²) in [6, 6.07) is 9.68. The van der Waals surface area contributed by atoms with E-state index in [0.717, 1.165) is 11.3 Å². The highest BCUT2D eigenvalue weighted by molar-refractivity contribution is 5.61. The molecule has 0 aliphatic heterocycles. The van der Waals surface area contributed by atoms with Gasteiger partial charge in [-0.15, -0.1) is 15.3 Å². The van der Waals surface area contributed by atoms with Crippen LogP contribution in [0.4, 0.5) is 15.9 Å². The van der Waals surface area contributed by atoms with Crippen LogP contribution in [0.15, 0.2) is 48.8 Å². The number of aryl methyl sites for hydroxylation is 1. The van der Waals surface area contributed by atoms with Gasteiger partial charge in [-0.1, -0.05) is 0 Å². The Labute approximate surface area is 130 Å². The first kappa shape index (κ1) is 13.4. The van der Waals surface area contributed by atoms with Gasteiger partial charge in [-0.05, 0) is 36.4 Å². The molecule has 23 heavy (non-hydrogen) atoms. The molecule has 3 aromatic heterocycles. The van der Waals surface area contributed by atoms with Crippen LogP contribution in [0.1, 0.15) is 0 Å². The third-order valence-electron chi connectivity index (χ3n) is 3.34. The predicted molar refractivity (Wildman–Crippen MR) is 82.7 cm³/mol. The topological polar surface area (TPSA) is 72.9 Å². The fourth-order valence-electron chi connectivity index (χ4n) is 2.27. The van der Waals surface area contributed by atoms with Gasteiger partial charge in [0.05, 0.1) is 11.9 Å². The molecule has 0 unspecified atom stereocenters. The van der Waals surface area contributed by atoms with Crippen molar-refractivity contribution in [3.05, 3.63) is 54.6 Å². The van der Waals surface area contributed by atoms with E-state index in [2.05, 4.69) is 25.7 Å². The highest BCUT2D eigenvalue weighted by Crippen LogP contribution is 2.20. The van der Waals surface area contributed by atoms with Crippen molar-refractivity contribution in [2.75, 3.05) is 5.32 Å². The number of rotatable bonds is 3. The van der Waals surface area contributed by atoms with Crippen molar-refractivity contribution in [2.45, 2.75) is 0 Å². The maximum Gasteiger partial charge on any atom is 0.185 e. The summed E-state index contributed by atoms with van der Waals surface area (Å²) in [4.78, 5) is 0. The van der Waals surface area contributed by atoms with Crippen molar-refractivity contribution in [3.63, 3.8) is 0 Å². The quantitative estimate of drug-likeness (QED) is 0.629. The van der Waals surface area contributed by atoms with Crippen LogP contribution < -0.4 is 5.32 Å². The third-order valence-corrected chi connectivity index (χ3v) is 3.34. The molecule has 0 bridgehead atoms. The van der Waals surface area contributed by atoms with Gasteiger partial charge in [0.2, 0.25) is 0 Å². The van der Waals surface area contributed by atoms with E-state index in [4.69, 9.17) is 0 Å². The molecule has 1 N–H and O–H groups in total. The van der Waals surface area contributed by atoms with E-state index in [-0.39, 0.29) is 5.82 Å². The van der Waals surface area contributed by atoms with E-state index in [1.807, 2.05) is 25.4 Å². The number of hydrogen-bond donors (Lipinski definition) is 1. The summed E-state index contributed by atoms with van der Waals surface area (Å²) in [5.41, 5.74) is 2.18. The van der Waals surface area contributed by atoms with E-state index in [0.29, 0.717) is 17.3 Å². The standard InChI is InChI=1S/C15H12FN7/c1-22-9-12(8-17-22)18-13-6-7-14-19-20-15(23(14)21-13)10-2-4-11(16)5-3-10/h2-9H,1H3,(H,18,21). The molecular formula is C15H12FN7. The van der Waals surface area contributed by atoms with Crippen molar-refractivity contribution < 1.29 is 4.39 Å². The molecule has 3 heterocycles. The van der Waals surface area contributed by atoms with Gasteiger partial charge in [-0.25, -0.2) is 4.39 Å². The Morgan fingerprint density at radius 1 is 1.04 bits per heavy atom. The Morgan fingerprint density at radius 2 is 1.87 bits per heavy atom. The summed E-state index contributed by atoms with van der Waals surface area (Å²) in [5.74, 6) is 0.887. The van der Waals surface area contributed by atoms with Crippen LogP contribution in [0.25, 0.3) is 17.0 Å². The molecule has 4 rings (SSSR count). The number of aromatic nitrogens is 6. The first-order valence-corrected chi connectivity index (χ1v) is 6.93. The molecule has 114 valence electrons. The van der Waals surface area contributed by atoms with Crippen LogP contribution in [-0.2, 0) is 7.05 Å². The summed E-state index contributed by atoms with van der Waals surface area (Å²) in [6.07, 6.45) is 3.55. The largest absolute Gasteiger partial charge is 0.336 e. The van der Waals surface area contributed by atoms with Gasteiger partial charge in [0, 0.05) is 18.8 Å². The van der Waals surface area contributed by atoms with Gasteiger partial charge < -0.3 is 5.32 Å². The van der Waals surface area contributed by atoms with Crippen molar-refractivity contribution in [1.82, 2.24) is 29.6 Å². The SMILES string of the molecule is Cn1cc(Nc2ccc3nnc(-c4ccc(F)cc4)n3n2)cn1. The number of anilines is 2. The molecule has 0 aliphatic carbocycles. The van der Waals surface area contributed by atoms with Crippen LogP contribution in [-0.4, -0.2) is 29.6 Å². The molecule has 0 aliphatic rings. The van der Waals surface area contributed by atoms with Crippen LogP contribution in [0.5, 0.6) is 0 Å². The molecule has 1 aromatic carbocycles. The monoisotopic (exact) mass is 309 g/mol. The smallest absolute Gasteiger partial charge is 0.185 e. The molecule has 0 amide bonds. The molecule has 8 heteroatoms. The van der Waals surface area contributed by atoms with Gasteiger partial charge in [-0.2, -0.15) is 9.61 Å². The number of nitrogens with zero attached hydrogens (tertiary/aromatic N) is 6. The average Bonchev–Trinajstić information content (AvgIpc) is 3.14. The Kier molecular flexibility index (Phi) is 3.00. The number of halogens is 1. The van der Waals surface area contributed by atoms with Crippen LogP contribution in [0.2, 0.25) is 0 Å². The Morgan fingerprint density at radius 3 is 2.61 bits per heavy atom. The minimum Gasteiger partial charge on any atom is -0.336 e. The van der Waals surface area contributed by atoms with Gasteiger partial charge in [-0.3, -0.25) is 4.68 Å². The van der Waals surface area contributed by atoms with Crippen LogP contribution >= 0.6 is 0 Å². The second kappa shape index (κ2) is 5.16. The number of fused-ring (bicyclic) bond motifs is 1. The number of benzene rings is 1. The lowest BCUT2D eigenvalue weighted by atomic mass is 10.2. The molecular weight excluding hydrogens is 297 g/mol. The zero-order valence-electron chi connectivity index (χ0n) is 12.2. The lowest BCUT2D eigenvalue weighted by molar-refractivity contribution is 0.628. The second-order valence-corrected chi connectivity index (χ2v) is 5.05. The molecule has 4 aromatic rings. The molecule has 0 radical (unpaired) electrons. The highest BCUT2D eigenvalue weighted by Gasteiger charge is 2.10. The van der Waals surface area contributed by atoms with E-state index in [9.17, 15) is 4.39 Å². The first-order valence-electron chi connectivity index (χ1n) is 6.93. The summed E-state index contributed by atoms with van der Waals surface area (Å²) >= 11 is 0. The van der Waals surface area contributed by atoms with Crippen molar-refractivity contribution >= 4 is 17.2 Å². The van der Waals surface area contributed by atoms with E-state index < -0.39 is 0 Å². The summed E-state index contributed by atoms with van der Waals surface area (Å²) in [6.45, 7) is 0. The minimum absolute atomic E-state index is 0.297. The van der Waals surface area contributed by atoms with Crippen LogP contribution in [0.3, 0.4) is 0 Å². The maximum atomic E-state index is 13.1. The molecule has 0 spiro atoms. The maximum absolute atomic E-state index is 13.1. The lowest BCUT2D eigenvalue weighted by Crippen LogP contribution is -2.00. The van der Waals surface area contributed by atoms with Gasteiger partial charge >= 0.3 is 0 Å². The minimum atomic E-state index is -0.297. The third kappa shape index (κ3) is 2.50. The molecule has 0 saturated heterocycles. The molecule has 0 saturated carbocycles. The number of nitrogens with one attached hydrogen (secondary N) is 1. The fourth-order valence-corrected chi connectivity index (χ4v) is 2.27. The van der Waals surface area contributed by atoms with E-state index >= 15 is 0 Å². The predicted octanol–water partition coefficient (Wildman–Crippen LogP) is 2.41. The van der Waals surface area contributed by atoms with E-state index in [1.54, 1.807) is 27.5 Å². The molecule has 0 fully saturated rings. The molecule has 7 nitrogen and oxygen atoms in total. The molecule has 0 atom stereocenters. The lowest BCUT2D eigenvalue weighted by Gasteiger charge is -2.04. The number of hydrogen-bond acceptors (Lipinski definition) is 5. The van der Waals surface area contributed by atoms with E-state index in [1.165, 1.54) is 12.1 Å². The second-order valence-electron chi connectivity index (χ2n) is 5.05. The van der Waals surface area contributed by atoms with Crippen molar-refractivity contribution in [1.29, 1.82) is 0 Å². The Bertz CT molecular complexity index is 971. The highest BCUT2D eigenvalue weighted by atomic mass is 19.1. The van der Waals surface area contributed by atoms with Crippen LogP contribution in [0, 0.1) is 5.82 Å². The Balaban J connectivity index is 1.75. The fraction of sp³-hybridized carbons (Fsp3) is 0.0667. The van der Waals surface area contributed by atoms with Gasteiger partial charge in [0.1, 0.15) is 5.82 Å². The summed E-state index contributed by atoms with van der Waals surface area (Å²) in [7, 11) is 1.84. The van der Waals surface area contributed by atoms with Crippen molar-refractivity contribution in [2.24, 2.45) is 7.05 Å². The van der Waals surface area contributed by atoms with Gasteiger partial charge in [0.15, 0.2) is 17.3 Å². The van der Waals surface area contributed by atoms with Crippen molar-refractivity contribution in [3.8, 4) is 11.4 Å². The summed E-state index contributed by atoms with van der Waals surface area (Å²) < 4.78 is 16.4. The Hall–Kier alpha value is -3.29. The first-order chi connectivity index (χ1) is 11.2. The average molecular weight is 309 g/mol. The zero-order valence-corrected chi connectivity index (χ0v) is 12.2. The van der Waals surface area contributed by atoms with Gasteiger partial charge in [0.25, 0.3) is 0 Å². The normalized spacial score (nSPS) is 11.0. The zero-order chi connectivity index (χ0) is 15.8.